The van der Waals surface area contributed by atoms with Crippen LogP contribution >= 0.6 is 0 Å². The van der Waals surface area contributed by atoms with Gasteiger partial charge in [-0.25, -0.2) is 0 Å². The van der Waals surface area contributed by atoms with E-state index in [1.807, 2.05) is 12.2 Å². The highest BCUT2D eigenvalue weighted by Crippen LogP contribution is 2.28. The maximum absolute atomic E-state index is 12.6. The monoisotopic (exact) mass is 450 g/mol. The van der Waals surface area contributed by atoms with Gasteiger partial charge >= 0.3 is 11.9 Å². The van der Waals surface area contributed by atoms with E-state index < -0.39 is 0 Å². The fourth-order valence-electron chi connectivity index (χ4n) is 4.37. The Bertz CT molecular complexity index is 500. The molecule has 0 aromatic heterocycles. The van der Waals surface area contributed by atoms with Crippen LogP contribution in [0.2, 0.25) is 0 Å². The summed E-state index contributed by atoms with van der Waals surface area (Å²) >= 11 is 0. The van der Waals surface area contributed by atoms with Gasteiger partial charge in [-0.2, -0.15) is 0 Å². The lowest BCUT2D eigenvalue weighted by molar-refractivity contribution is -0.161. The van der Waals surface area contributed by atoms with Crippen molar-refractivity contribution in [3.63, 3.8) is 0 Å². The van der Waals surface area contributed by atoms with Gasteiger partial charge in [-0.1, -0.05) is 116 Å². The maximum Gasteiger partial charge on any atom is 0.310 e. The average molecular weight is 451 g/mol. The average Bonchev–Trinajstić information content (AvgIpc) is 2.81. The molecule has 0 bridgehead atoms. The largest absolute Gasteiger partial charge is 0.465 e. The molecular weight excluding hydrogens is 400 g/mol. The molecule has 0 heterocycles. The first-order valence-corrected chi connectivity index (χ1v) is 13.7. The molecule has 1 aliphatic carbocycles. The van der Waals surface area contributed by atoms with E-state index >= 15 is 0 Å². The van der Waals surface area contributed by atoms with Crippen molar-refractivity contribution in [3.05, 3.63) is 12.2 Å². The third-order valence-electron chi connectivity index (χ3n) is 6.52. The quantitative estimate of drug-likeness (QED) is 0.107. The molecule has 0 saturated heterocycles. The first-order valence-electron chi connectivity index (χ1n) is 13.7. The third-order valence-corrected chi connectivity index (χ3v) is 6.52. The van der Waals surface area contributed by atoms with Crippen LogP contribution in [0.15, 0.2) is 12.2 Å². The Morgan fingerprint density at radius 1 is 0.562 bits per heavy atom. The summed E-state index contributed by atoms with van der Waals surface area (Å²) in [5, 5.41) is 0. The zero-order valence-electron chi connectivity index (χ0n) is 21.1. The van der Waals surface area contributed by atoms with E-state index in [0.717, 1.165) is 25.7 Å². The predicted molar refractivity (Wildman–Crippen MR) is 132 cm³/mol. The number of rotatable bonds is 20. The van der Waals surface area contributed by atoms with E-state index in [2.05, 4.69) is 13.8 Å². The molecule has 4 heteroatoms. The van der Waals surface area contributed by atoms with Gasteiger partial charge in [0.05, 0.1) is 25.0 Å². The van der Waals surface area contributed by atoms with Crippen molar-refractivity contribution in [1.82, 2.24) is 0 Å². The number of esters is 2. The first kappa shape index (κ1) is 28.7. The summed E-state index contributed by atoms with van der Waals surface area (Å²) in [5.41, 5.74) is 0. The highest BCUT2D eigenvalue weighted by atomic mass is 16.5. The van der Waals surface area contributed by atoms with Crippen molar-refractivity contribution in [2.75, 3.05) is 13.2 Å². The highest BCUT2D eigenvalue weighted by Gasteiger charge is 2.36. The standard InChI is InChI=1S/C28H50O4/c1-3-5-7-9-11-12-13-14-16-20-24-32-28(30)26-22-18-17-21-25(26)27(29)31-23-19-15-10-8-6-4-2/h17-18,25-26H,3-16,19-24H2,1-2H3. The fourth-order valence-corrected chi connectivity index (χ4v) is 4.37. The number of carbonyl (C=O) groups is 2. The van der Waals surface area contributed by atoms with E-state index in [-0.39, 0.29) is 23.8 Å². The molecule has 0 spiro atoms. The molecule has 0 fully saturated rings. The molecule has 2 atom stereocenters. The van der Waals surface area contributed by atoms with Crippen molar-refractivity contribution >= 4 is 11.9 Å². The third kappa shape index (κ3) is 14.0. The van der Waals surface area contributed by atoms with Gasteiger partial charge in [0.15, 0.2) is 0 Å². The van der Waals surface area contributed by atoms with Crippen LogP contribution in [0.25, 0.3) is 0 Å². The van der Waals surface area contributed by atoms with Gasteiger partial charge in [0.1, 0.15) is 0 Å². The van der Waals surface area contributed by atoms with Gasteiger partial charge in [-0.3, -0.25) is 9.59 Å². The molecular formula is C28H50O4. The van der Waals surface area contributed by atoms with Crippen LogP contribution in [0.4, 0.5) is 0 Å². The second-order valence-corrected chi connectivity index (χ2v) is 9.44. The van der Waals surface area contributed by atoms with Crippen molar-refractivity contribution in [3.8, 4) is 0 Å². The Morgan fingerprint density at radius 2 is 0.875 bits per heavy atom. The van der Waals surface area contributed by atoms with Gasteiger partial charge in [-0.05, 0) is 25.7 Å². The molecule has 0 saturated carbocycles. The van der Waals surface area contributed by atoms with E-state index in [1.165, 1.54) is 77.0 Å². The minimum Gasteiger partial charge on any atom is -0.465 e. The Labute approximate surface area is 197 Å². The summed E-state index contributed by atoms with van der Waals surface area (Å²) in [6.07, 6.45) is 24.7. The van der Waals surface area contributed by atoms with Crippen LogP contribution in [0, 0.1) is 11.8 Å². The minimum absolute atomic E-state index is 0.230. The summed E-state index contributed by atoms with van der Waals surface area (Å²) in [7, 11) is 0. The Kier molecular flexibility index (Phi) is 18.2. The van der Waals surface area contributed by atoms with Crippen LogP contribution in [-0.2, 0) is 19.1 Å². The Morgan fingerprint density at radius 3 is 1.22 bits per heavy atom. The number of unbranched alkanes of at least 4 members (excludes halogenated alkanes) is 14. The molecule has 186 valence electrons. The first-order chi connectivity index (χ1) is 15.7. The molecule has 0 aromatic carbocycles. The zero-order valence-corrected chi connectivity index (χ0v) is 21.1. The van der Waals surface area contributed by atoms with Gasteiger partial charge in [0.25, 0.3) is 0 Å². The molecule has 4 nitrogen and oxygen atoms in total. The molecule has 0 N–H and O–H groups in total. The lowest BCUT2D eigenvalue weighted by Crippen LogP contribution is -2.34. The number of carbonyl (C=O) groups excluding carboxylic acids is 2. The van der Waals surface area contributed by atoms with Crippen molar-refractivity contribution < 1.29 is 19.1 Å². The van der Waals surface area contributed by atoms with Crippen LogP contribution in [-0.4, -0.2) is 25.2 Å². The summed E-state index contributed by atoms with van der Waals surface area (Å²) in [4.78, 5) is 25.1. The molecule has 1 rings (SSSR count). The maximum atomic E-state index is 12.6. The Hall–Kier alpha value is -1.32. The summed E-state index contributed by atoms with van der Waals surface area (Å²) in [6.45, 7) is 5.39. The SMILES string of the molecule is CCCCCCCCCCCCOC(=O)C1CC=CCC1C(=O)OCCCCCCCC. The number of allylic oxidation sites excluding steroid dienone is 2. The highest BCUT2D eigenvalue weighted by molar-refractivity contribution is 5.82. The van der Waals surface area contributed by atoms with Crippen molar-refractivity contribution in [2.45, 2.75) is 129 Å². The molecule has 0 aliphatic heterocycles. The smallest absolute Gasteiger partial charge is 0.310 e. The second-order valence-electron chi connectivity index (χ2n) is 9.44. The normalized spacial score (nSPS) is 17.9. The Balaban J connectivity index is 2.14. The van der Waals surface area contributed by atoms with Crippen molar-refractivity contribution in [1.29, 1.82) is 0 Å². The molecule has 0 radical (unpaired) electrons. The molecule has 32 heavy (non-hydrogen) atoms. The number of ether oxygens (including phenoxy) is 2. The number of hydrogen-bond acceptors (Lipinski definition) is 4. The van der Waals surface area contributed by atoms with Crippen LogP contribution in [0.3, 0.4) is 0 Å². The van der Waals surface area contributed by atoms with Gasteiger partial charge < -0.3 is 9.47 Å². The van der Waals surface area contributed by atoms with Crippen LogP contribution in [0.5, 0.6) is 0 Å². The predicted octanol–water partition coefficient (Wildman–Crippen LogP) is 7.94. The van der Waals surface area contributed by atoms with Crippen LogP contribution < -0.4 is 0 Å². The van der Waals surface area contributed by atoms with E-state index in [0.29, 0.717) is 26.1 Å². The van der Waals surface area contributed by atoms with Crippen LogP contribution in [0.1, 0.15) is 129 Å². The molecule has 1 aliphatic rings. The molecule has 2 unspecified atom stereocenters. The lowest BCUT2D eigenvalue weighted by atomic mass is 9.83. The van der Waals surface area contributed by atoms with Gasteiger partial charge in [0.2, 0.25) is 0 Å². The van der Waals surface area contributed by atoms with E-state index in [9.17, 15) is 9.59 Å². The zero-order chi connectivity index (χ0) is 23.3. The number of hydrogen-bond donors (Lipinski definition) is 0. The lowest BCUT2D eigenvalue weighted by Gasteiger charge is -2.25. The van der Waals surface area contributed by atoms with E-state index in [4.69, 9.17) is 9.47 Å². The van der Waals surface area contributed by atoms with E-state index in [1.54, 1.807) is 0 Å². The second kappa shape index (κ2) is 20.3. The van der Waals surface area contributed by atoms with Gasteiger partial charge in [-0.15, -0.1) is 0 Å². The van der Waals surface area contributed by atoms with Gasteiger partial charge in [0, 0.05) is 0 Å². The minimum atomic E-state index is -0.389. The molecule has 0 amide bonds. The summed E-state index contributed by atoms with van der Waals surface area (Å²) < 4.78 is 11.0. The topological polar surface area (TPSA) is 52.6 Å². The fraction of sp³-hybridized carbons (Fsp3) is 0.857. The summed E-state index contributed by atoms with van der Waals surface area (Å²) in [5.74, 6) is -1.24. The van der Waals surface area contributed by atoms with Crippen molar-refractivity contribution in [2.24, 2.45) is 11.8 Å². The molecule has 0 aromatic rings. The summed E-state index contributed by atoms with van der Waals surface area (Å²) in [6, 6.07) is 0.